The summed E-state index contributed by atoms with van der Waals surface area (Å²) in [4.78, 5) is 7.98. The molecule has 2 heterocycles. The molecule has 0 amide bonds. The predicted molar refractivity (Wildman–Crippen MR) is 119 cm³/mol. The highest BCUT2D eigenvalue weighted by atomic mass is 35.5. The van der Waals surface area contributed by atoms with Crippen LogP contribution in [0, 0.1) is 0 Å². The van der Waals surface area contributed by atoms with Crippen molar-refractivity contribution in [3.8, 4) is 16.9 Å². The third kappa shape index (κ3) is 4.57. The van der Waals surface area contributed by atoms with Crippen molar-refractivity contribution in [3.63, 3.8) is 0 Å². The lowest BCUT2D eigenvalue weighted by atomic mass is 10.1. The molecule has 2 aromatic heterocycles. The highest BCUT2D eigenvalue weighted by molar-refractivity contribution is 7.90. The summed E-state index contributed by atoms with van der Waals surface area (Å²) in [5.41, 5.74) is 2.80. The van der Waals surface area contributed by atoms with Crippen LogP contribution in [0.1, 0.15) is 5.56 Å². The molecular formula is C21H19ClF2N4O3S. The zero-order valence-electron chi connectivity index (χ0n) is 16.8. The number of nitrogens with one attached hydrogen (secondary N) is 1. The van der Waals surface area contributed by atoms with Crippen molar-refractivity contribution in [3.05, 3.63) is 72.9 Å². The first-order chi connectivity index (χ1) is 14.9. The SMILES string of the molecule is CNCc1cn(S(=O)(=O)c2ccc(OC(F)F)cc2)c2cc(-c3cncnc3)ccc12.Cl. The predicted octanol–water partition coefficient (Wildman–Crippen LogP) is 4.08. The van der Waals surface area contributed by atoms with Crippen LogP contribution >= 0.6 is 12.4 Å². The van der Waals surface area contributed by atoms with Crippen LogP contribution in [-0.4, -0.2) is 36.0 Å². The van der Waals surface area contributed by atoms with Crippen molar-refractivity contribution in [1.29, 1.82) is 0 Å². The molecule has 0 saturated carbocycles. The summed E-state index contributed by atoms with van der Waals surface area (Å²) >= 11 is 0. The largest absolute Gasteiger partial charge is 0.435 e. The van der Waals surface area contributed by atoms with E-state index in [2.05, 4.69) is 20.0 Å². The Bertz CT molecular complexity index is 1310. The molecule has 4 rings (SSSR count). The Morgan fingerprint density at radius 2 is 1.75 bits per heavy atom. The summed E-state index contributed by atoms with van der Waals surface area (Å²) < 4.78 is 57.0. The smallest absolute Gasteiger partial charge is 0.387 e. The van der Waals surface area contributed by atoms with Gasteiger partial charge in [0.15, 0.2) is 0 Å². The van der Waals surface area contributed by atoms with E-state index in [1.807, 2.05) is 12.1 Å². The van der Waals surface area contributed by atoms with Crippen LogP contribution in [-0.2, 0) is 16.6 Å². The molecule has 0 aliphatic carbocycles. The molecule has 0 bridgehead atoms. The average Bonchev–Trinajstić information content (AvgIpc) is 3.13. The van der Waals surface area contributed by atoms with Gasteiger partial charge in [-0.15, -0.1) is 12.4 Å². The van der Waals surface area contributed by atoms with Gasteiger partial charge in [-0.3, -0.25) is 0 Å². The molecule has 0 spiro atoms. The Hall–Kier alpha value is -3.08. The van der Waals surface area contributed by atoms with Gasteiger partial charge in [-0.2, -0.15) is 8.78 Å². The molecule has 32 heavy (non-hydrogen) atoms. The topological polar surface area (TPSA) is 86.1 Å². The fraction of sp³-hybridized carbons (Fsp3) is 0.143. The van der Waals surface area contributed by atoms with Crippen molar-refractivity contribution in [1.82, 2.24) is 19.3 Å². The summed E-state index contributed by atoms with van der Waals surface area (Å²) in [6.07, 6.45) is 6.27. The molecular weight excluding hydrogens is 462 g/mol. The molecule has 11 heteroatoms. The molecule has 168 valence electrons. The Morgan fingerprint density at radius 1 is 1.06 bits per heavy atom. The molecule has 2 aromatic carbocycles. The van der Waals surface area contributed by atoms with Crippen molar-refractivity contribution in [2.24, 2.45) is 0 Å². The summed E-state index contributed by atoms with van der Waals surface area (Å²) in [6.45, 7) is -2.52. The minimum Gasteiger partial charge on any atom is -0.435 e. The van der Waals surface area contributed by atoms with E-state index >= 15 is 0 Å². The van der Waals surface area contributed by atoms with Crippen molar-refractivity contribution < 1.29 is 21.9 Å². The number of hydrogen-bond donors (Lipinski definition) is 1. The Labute approximate surface area is 189 Å². The fourth-order valence-electron chi connectivity index (χ4n) is 3.33. The number of benzene rings is 2. The lowest BCUT2D eigenvalue weighted by Crippen LogP contribution is -2.12. The number of rotatable bonds is 7. The number of hydrogen-bond acceptors (Lipinski definition) is 6. The van der Waals surface area contributed by atoms with Gasteiger partial charge in [0, 0.05) is 36.1 Å². The molecule has 0 atom stereocenters. The van der Waals surface area contributed by atoms with E-state index in [0.717, 1.165) is 22.1 Å². The molecule has 7 nitrogen and oxygen atoms in total. The van der Waals surface area contributed by atoms with E-state index in [0.29, 0.717) is 12.1 Å². The van der Waals surface area contributed by atoms with Gasteiger partial charge < -0.3 is 10.1 Å². The van der Waals surface area contributed by atoms with Gasteiger partial charge in [0.1, 0.15) is 12.1 Å². The van der Waals surface area contributed by atoms with Gasteiger partial charge in [-0.1, -0.05) is 12.1 Å². The highest BCUT2D eigenvalue weighted by Gasteiger charge is 2.22. The first kappa shape index (κ1) is 23.6. The molecule has 1 N–H and O–H groups in total. The Kier molecular flexibility index (Phi) is 7.07. The molecule has 4 aromatic rings. The highest BCUT2D eigenvalue weighted by Crippen LogP contribution is 2.30. The van der Waals surface area contributed by atoms with Crippen LogP contribution in [0.25, 0.3) is 22.0 Å². The second kappa shape index (κ2) is 9.60. The lowest BCUT2D eigenvalue weighted by molar-refractivity contribution is -0.0498. The third-order valence-corrected chi connectivity index (χ3v) is 6.41. The first-order valence-electron chi connectivity index (χ1n) is 9.24. The third-order valence-electron chi connectivity index (χ3n) is 4.72. The van der Waals surface area contributed by atoms with E-state index in [-0.39, 0.29) is 23.1 Å². The normalized spacial score (nSPS) is 11.5. The van der Waals surface area contributed by atoms with Crippen LogP contribution in [0.2, 0.25) is 0 Å². The van der Waals surface area contributed by atoms with E-state index in [1.165, 1.54) is 34.6 Å². The lowest BCUT2D eigenvalue weighted by Gasteiger charge is -2.10. The molecule has 0 aliphatic heterocycles. The number of nitrogens with zero attached hydrogens (tertiary/aromatic N) is 3. The van der Waals surface area contributed by atoms with E-state index in [9.17, 15) is 17.2 Å². The average molecular weight is 481 g/mol. The minimum absolute atomic E-state index is 0. The monoisotopic (exact) mass is 480 g/mol. The fourth-order valence-corrected chi connectivity index (χ4v) is 4.71. The summed E-state index contributed by atoms with van der Waals surface area (Å²) in [6, 6.07) is 10.4. The second-order valence-electron chi connectivity index (χ2n) is 6.69. The van der Waals surface area contributed by atoms with Gasteiger partial charge in [-0.05, 0) is 48.5 Å². The van der Waals surface area contributed by atoms with Crippen LogP contribution in [0.5, 0.6) is 5.75 Å². The zero-order chi connectivity index (χ0) is 22.0. The number of ether oxygens (including phenoxy) is 1. The number of alkyl halides is 2. The maximum Gasteiger partial charge on any atom is 0.387 e. The van der Waals surface area contributed by atoms with E-state index < -0.39 is 16.6 Å². The quantitative estimate of drug-likeness (QED) is 0.429. The number of aromatic nitrogens is 3. The summed E-state index contributed by atoms with van der Waals surface area (Å²) in [5.74, 6) is -0.117. The Balaban J connectivity index is 0.00000289. The molecule has 0 saturated heterocycles. The zero-order valence-corrected chi connectivity index (χ0v) is 18.4. The van der Waals surface area contributed by atoms with Crippen molar-refractivity contribution in [2.75, 3.05) is 7.05 Å². The standard InChI is InChI=1S/C21H18F2N4O3S.ClH/c1-24-9-16-12-27(31(28,29)18-5-3-17(4-6-18)30-21(22)23)20-8-14(2-7-19(16)20)15-10-25-13-26-11-15;/h2-8,10-13,21,24H,9H2,1H3;1H. The van der Waals surface area contributed by atoms with Crippen molar-refractivity contribution in [2.45, 2.75) is 18.1 Å². The second-order valence-corrected chi connectivity index (χ2v) is 8.51. The maximum atomic E-state index is 13.4. The minimum atomic E-state index is -3.99. The van der Waals surface area contributed by atoms with Crippen LogP contribution < -0.4 is 10.1 Å². The van der Waals surface area contributed by atoms with E-state index in [1.54, 1.807) is 31.7 Å². The molecule has 0 radical (unpaired) electrons. The molecule has 0 fully saturated rings. The van der Waals surface area contributed by atoms with Gasteiger partial charge in [-0.25, -0.2) is 22.4 Å². The van der Waals surface area contributed by atoms with Crippen molar-refractivity contribution >= 4 is 33.3 Å². The van der Waals surface area contributed by atoms with Gasteiger partial charge in [0.25, 0.3) is 10.0 Å². The van der Waals surface area contributed by atoms with Crippen LogP contribution in [0.15, 0.2) is 72.3 Å². The van der Waals surface area contributed by atoms with Crippen LogP contribution in [0.4, 0.5) is 8.78 Å². The van der Waals surface area contributed by atoms with E-state index in [4.69, 9.17) is 0 Å². The number of halogens is 3. The number of fused-ring (bicyclic) bond motifs is 1. The molecule has 0 unspecified atom stereocenters. The van der Waals surface area contributed by atoms with Crippen LogP contribution in [0.3, 0.4) is 0 Å². The Morgan fingerprint density at radius 3 is 2.38 bits per heavy atom. The van der Waals surface area contributed by atoms with Gasteiger partial charge in [0.05, 0.1) is 10.4 Å². The van der Waals surface area contributed by atoms with Gasteiger partial charge in [0.2, 0.25) is 0 Å². The summed E-state index contributed by atoms with van der Waals surface area (Å²) in [7, 11) is -2.22. The first-order valence-corrected chi connectivity index (χ1v) is 10.7. The van der Waals surface area contributed by atoms with Gasteiger partial charge >= 0.3 is 6.61 Å². The molecule has 0 aliphatic rings. The summed E-state index contributed by atoms with van der Waals surface area (Å²) in [5, 5.41) is 3.81. The maximum absolute atomic E-state index is 13.4.